The summed E-state index contributed by atoms with van der Waals surface area (Å²) in [6.07, 6.45) is 7.58. The van der Waals surface area contributed by atoms with Crippen LogP contribution in [0.3, 0.4) is 0 Å². The van der Waals surface area contributed by atoms with Crippen LogP contribution in [0.25, 0.3) is 0 Å². The molecule has 1 aromatic rings. The molecule has 1 heterocycles. The maximum Gasteiger partial charge on any atom is 0.307 e. The van der Waals surface area contributed by atoms with E-state index in [1.807, 2.05) is 26.1 Å². The lowest BCUT2D eigenvalue weighted by molar-refractivity contribution is -0.140. The van der Waals surface area contributed by atoms with Crippen molar-refractivity contribution in [3.8, 4) is 5.75 Å². The van der Waals surface area contributed by atoms with Crippen LogP contribution in [0.1, 0.15) is 25.5 Å². The van der Waals surface area contributed by atoms with Gasteiger partial charge in [-0.3, -0.25) is 9.48 Å². The van der Waals surface area contributed by atoms with Crippen LogP contribution in [-0.2, 0) is 11.3 Å². The van der Waals surface area contributed by atoms with E-state index in [-0.39, 0.29) is 24.8 Å². The van der Waals surface area contributed by atoms with Gasteiger partial charge in [-0.2, -0.15) is 5.10 Å². The Morgan fingerprint density at radius 2 is 2.39 bits per heavy atom. The molecule has 0 aromatic carbocycles. The quantitative estimate of drug-likeness (QED) is 0.875. The number of allylic oxidation sites excluding steroid dienone is 4. The minimum Gasteiger partial charge on any atom is -0.489 e. The number of nitrogens with zero attached hydrogens (tertiary/aromatic N) is 2. The van der Waals surface area contributed by atoms with Crippen molar-refractivity contribution in [2.75, 3.05) is 6.61 Å². The third kappa shape index (κ3) is 2.90. The first kappa shape index (κ1) is 15.8. The Labute approximate surface area is 134 Å². The molecule has 23 heavy (non-hydrogen) atoms. The molecular formula is C17H21FN2O3. The molecule has 0 aliphatic heterocycles. The van der Waals surface area contributed by atoms with Gasteiger partial charge in [0.25, 0.3) is 0 Å². The summed E-state index contributed by atoms with van der Waals surface area (Å²) < 4.78 is 21.3. The Morgan fingerprint density at radius 3 is 2.96 bits per heavy atom. The maximum absolute atomic E-state index is 13.6. The van der Waals surface area contributed by atoms with Gasteiger partial charge in [0, 0.05) is 18.4 Å². The molecule has 1 N–H and O–H groups in total. The highest BCUT2D eigenvalue weighted by atomic mass is 19.1. The first-order valence-corrected chi connectivity index (χ1v) is 7.89. The van der Waals surface area contributed by atoms with E-state index in [4.69, 9.17) is 4.74 Å². The number of aliphatic carboxylic acids is 1. The normalized spacial score (nSPS) is 29.3. The predicted octanol–water partition coefficient (Wildman–Crippen LogP) is 3.11. The van der Waals surface area contributed by atoms with Crippen molar-refractivity contribution >= 4 is 5.97 Å². The maximum atomic E-state index is 13.6. The van der Waals surface area contributed by atoms with Gasteiger partial charge in [0.15, 0.2) is 5.75 Å². The molecule has 1 saturated carbocycles. The Hall–Kier alpha value is -2.11. The van der Waals surface area contributed by atoms with Crippen molar-refractivity contribution in [1.82, 2.24) is 9.78 Å². The second-order valence-electron chi connectivity index (χ2n) is 6.36. The van der Waals surface area contributed by atoms with Gasteiger partial charge >= 0.3 is 5.97 Å². The summed E-state index contributed by atoms with van der Waals surface area (Å²) in [7, 11) is 0. The van der Waals surface area contributed by atoms with Crippen LogP contribution < -0.4 is 4.74 Å². The highest BCUT2D eigenvalue weighted by Crippen LogP contribution is 2.60. The molecule has 0 amide bonds. The summed E-state index contributed by atoms with van der Waals surface area (Å²) >= 11 is 0. The number of hydrogen-bond donors (Lipinski definition) is 1. The Balaban J connectivity index is 1.76. The van der Waals surface area contributed by atoms with Crippen molar-refractivity contribution in [2.45, 2.75) is 33.2 Å². The van der Waals surface area contributed by atoms with Crippen molar-refractivity contribution < 1.29 is 19.0 Å². The number of halogens is 1. The van der Waals surface area contributed by atoms with E-state index in [1.165, 1.54) is 6.08 Å². The molecule has 2 aliphatic rings. The molecule has 0 saturated heterocycles. The largest absolute Gasteiger partial charge is 0.489 e. The molecule has 0 bridgehead atoms. The van der Waals surface area contributed by atoms with Gasteiger partial charge < -0.3 is 9.84 Å². The number of carbonyl (C=O) groups is 1. The van der Waals surface area contributed by atoms with E-state index in [0.717, 1.165) is 12.2 Å². The van der Waals surface area contributed by atoms with Gasteiger partial charge in [-0.1, -0.05) is 12.2 Å². The summed E-state index contributed by atoms with van der Waals surface area (Å²) in [4.78, 5) is 11.4. The summed E-state index contributed by atoms with van der Waals surface area (Å²) in [5, 5.41) is 13.7. The topological polar surface area (TPSA) is 64.3 Å². The fourth-order valence-corrected chi connectivity index (χ4v) is 3.38. The molecule has 124 valence electrons. The lowest BCUT2D eigenvalue weighted by Gasteiger charge is -2.26. The molecular weight excluding hydrogens is 299 g/mol. The van der Waals surface area contributed by atoms with Crippen LogP contribution in [-0.4, -0.2) is 27.5 Å². The lowest BCUT2D eigenvalue weighted by atomic mass is 9.82. The molecule has 1 fully saturated rings. The average Bonchev–Trinajstić information content (AvgIpc) is 3.16. The summed E-state index contributed by atoms with van der Waals surface area (Å²) in [5.74, 6) is -1.00. The molecule has 1 unspecified atom stereocenters. The van der Waals surface area contributed by atoms with Gasteiger partial charge in [0.2, 0.25) is 0 Å². The highest BCUT2D eigenvalue weighted by molar-refractivity contribution is 5.75. The zero-order valence-corrected chi connectivity index (χ0v) is 13.3. The number of ether oxygens (including phenoxy) is 1. The van der Waals surface area contributed by atoms with E-state index in [2.05, 4.69) is 5.10 Å². The zero-order chi connectivity index (χ0) is 16.6. The fourth-order valence-electron chi connectivity index (χ4n) is 3.38. The lowest BCUT2D eigenvalue weighted by Crippen LogP contribution is -2.27. The molecule has 3 rings (SSSR count). The fraction of sp³-hybridized carbons (Fsp3) is 0.529. The van der Waals surface area contributed by atoms with Crippen LogP contribution in [0.2, 0.25) is 0 Å². The third-order valence-electron chi connectivity index (χ3n) is 4.91. The van der Waals surface area contributed by atoms with Gasteiger partial charge in [-0.25, -0.2) is 4.39 Å². The van der Waals surface area contributed by atoms with Crippen LogP contribution in [0.4, 0.5) is 4.39 Å². The van der Waals surface area contributed by atoms with E-state index in [1.54, 1.807) is 10.8 Å². The van der Waals surface area contributed by atoms with Crippen LogP contribution >= 0.6 is 0 Å². The molecule has 3 atom stereocenters. The molecule has 5 nitrogen and oxygen atoms in total. The average molecular weight is 320 g/mol. The van der Waals surface area contributed by atoms with Crippen molar-refractivity contribution in [3.05, 3.63) is 35.9 Å². The Bertz CT molecular complexity index is 679. The number of rotatable bonds is 6. The van der Waals surface area contributed by atoms with E-state index < -0.39 is 17.3 Å². The Morgan fingerprint density at radius 1 is 1.61 bits per heavy atom. The molecule has 0 spiro atoms. The summed E-state index contributed by atoms with van der Waals surface area (Å²) in [6, 6.07) is 0. The van der Waals surface area contributed by atoms with Crippen LogP contribution in [0, 0.1) is 24.2 Å². The van der Waals surface area contributed by atoms with Crippen molar-refractivity contribution in [1.29, 1.82) is 0 Å². The Kier molecular flexibility index (Phi) is 4.00. The van der Waals surface area contributed by atoms with E-state index in [0.29, 0.717) is 12.2 Å². The van der Waals surface area contributed by atoms with E-state index in [9.17, 15) is 14.3 Å². The number of aryl methyl sites for hydroxylation is 2. The van der Waals surface area contributed by atoms with Crippen LogP contribution in [0.5, 0.6) is 5.75 Å². The third-order valence-corrected chi connectivity index (χ3v) is 4.91. The molecule has 2 aliphatic carbocycles. The summed E-state index contributed by atoms with van der Waals surface area (Å²) in [6.45, 7) is 4.86. The minimum atomic E-state index is -0.835. The molecule has 1 aromatic heterocycles. The first-order chi connectivity index (χ1) is 11.0. The number of carboxylic acid groups (broad SMARTS) is 1. The second kappa shape index (κ2) is 5.83. The highest BCUT2D eigenvalue weighted by Gasteiger charge is 2.63. The van der Waals surface area contributed by atoms with Crippen molar-refractivity contribution in [2.24, 2.45) is 17.3 Å². The van der Waals surface area contributed by atoms with Gasteiger partial charge in [-0.05, 0) is 32.3 Å². The smallest absolute Gasteiger partial charge is 0.307 e. The minimum absolute atomic E-state index is 0.143. The van der Waals surface area contributed by atoms with Gasteiger partial charge in [-0.15, -0.1) is 0 Å². The molecule has 0 radical (unpaired) electrons. The summed E-state index contributed by atoms with van der Waals surface area (Å²) in [5.41, 5.74) is 0.245. The number of aromatic nitrogens is 2. The SMILES string of the molecule is CCn1cc(OC[C@@]2(C3C=CC=C(F)C3)C[C@H]2C(=O)O)c(C)n1. The standard InChI is InChI=1S/C17H21FN2O3/c1-3-20-9-15(11(2)19-20)23-10-17(8-14(17)16(21)22)12-5-4-6-13(18)7-12/h4-6,9,12,14H,3,7-8,10H2,1-2H3,(H,21,22)/t12?,14-,17+/m0/s1. The van der Waals surface area contributed by atoms with E-state index >= 15 is 0 Å². The van der Waals surface area contributed by atoms with Gasteiger partial charge in [0.05, 0.1) is 18.7 Å². The second-order valence-corrected chi connectivity index (χ2v) is 6.36. The first-order valence-electron chi connectivity index (χ1n) is 7.89. The van der Waals surface area contributed by atoms with Crippen molar-refractivity contribution in [3.63, 3.8) is 0 Å². The number of hydrogen-bond acceptors (Lipinski definition) is 3. The van der Waals surface area contributed by atoms with Crippen LogP contribution in [0.15, 0.2) is 30.3 Å². The zero-order valence-electron chi connectivity index (χ0n) is 13.3. The van der Waals surface area contributed by atoms with Gasteiger partial charge in [0.1, 0.15) is 11.5 Å². The predicted molar refractivity (Wildman–Crippen MR) is 82.7 cm³/mol. The monoisotopic (exact) mass is 320 g/mol. The molecule has 6 heteroatoms. The number of carboxylic acids is 1.